The summed E-state index contributed by atoms with van der Waals surface area (Å²) in [5, 5.41) is 5.62. The van der Waals surface area contributed by atoms with Crippen LogP contribution in [-0.2, 0) is 11.3 Å². The first-order valence-electron chi connectivity index (χ1n) is 12.3. The normalized spacial score (nSPS) is 12.3. The van der Waals surface area contributed by atoms with Crippen LogP contribution in [0.4, 0.5) is 10.5 Å². The lowest BCUT2D eigenvalue weighted by Gasteiger charge is -2.17. The third-order valence-electron chi connectivity index (χ3n) is 5.98. The zero-order chi connectivity index (χ0) is 28.1. The number of anilines is 1. The van der Waals surface area contributed by atoms with Gasteiger partial charge < -0.3 is 20.1 Å². The van der Waals surface area contributed by atoms with Gasteiger partial charge in [0.05, 0.1) is 17.7 Å². The molecule has 4 rings (SSSR count). The number of hydrogen-bond donors (Lipinski definition) is 2. The molecule has 2 N–H and O–H groups in total. The summed E-state index contributed by atoms with van der Waals surface area (Å²) < 4.78 is 9.71. The third kappa shape index (κ3) is 5.96. The van der Waals surface area contributed by atoms with Crippen LogP contribution in [0.3, 0.4) is 0 Å². The molecule has 0 fully saturated rings. The molecule has 0 saturated carbocycles. The second kappa shape index (κ2) is 11.6. The SMILES string of the molecule is CCOC(=O)Oc1ccc(C(=O)NCc2ccccc2NC(=O)c2ccc3c(c2)C(=O)N(C(C)C)C3=O)cc1. The summed E-state index contributed by atoms with van der Waals surface area (Å²) in [5.41, 5.74) is 2.17. The maximum absolute atomic E-state index is 13.0. The van der Waals surface area contributed by atoms with E-state index in [1.165, 1.54) is 47.4 Å². The minimum Gasteiger partial charge on any atom is -0.434 e. The number of carbonyl (C=O) groups is 5. The van der Waals surface area contributed by atoms with E-state index in [1.54, 1.807) is 45.0 Å². The van der Waals surface area contributed by atoms with Crippen molar-refractivity contribution < 1.29 is 33.4 Å². The Kier molecular flexibility index (Phi) is 8.04. The van der Waals surface area contributed by atoms with Crippen molar-refractivity contribution in [1.29, 1.82) is 0 Å². The van der Waals surface area contributed by atoms with Crippen molar-refractivity contribution in [2.75, 3.05) is 11.9 Å². The number of carbonyl (C=O) groups excluding carboxylic acids is 5. The van der Waals surface area contributed by atoms with E-state index in [2.05, 4.69) is 10.6 Å². The molecular weight excluding hydrogens is 502 g/mol. The summed E-state index contributed by atoms with van der Waals surface area (Å²) in [6, 6.07) is 17.1. The summed E-state index contributed by atoms with van der Waals surface area (Å²) in [7, 11) is 0. The number of nitrogens with zero attached hydrogens (tertiary/aromatic N) is 1. The Balaban J connectivity index is 1.41. The number of ether oxygens (including phenoxy) is 2. The Hall–Kier alpha value is -4.99. The molecule has 1 aliphatic heterocycles. The van der Waals surface area contributed by atoms with Crippen LogP contribution in [0.15, 0.2) is 66.7 Å². The molecule has 0 spiro atoms. The first-order chi connectivity index (χ1) is 18.7. The highest BCUT2D eigenvalue weighted by Crippen LogP contribution is 2.26. The van der Waals surface area contributed by atoms with E-state index >= 15 is 0 Å². The monoisotopic (exact) mass is 529 g/mol. The first kappa shape index (κ1) is 27.1. The standard InChI is InChI=1S/C29H27N3O7/c1-4-38-29(37)39-21-12-9-18(10-13-21)25(33)30-16-20-7-5-6-8-24(20)31-26(34)19-11-14-22-23(15-19)28(36)32(17(2)3)27(22)35/h5-15,17H,4,16H2,1-3H3,(H,30,33)(H,31,34). The Bertz CT molecular complexity index is 1450. The number of para-hydroxylation sites is 1. The number of hydrogen-bond acceptors (Lipinski definition) is 7. The predicted molar refractivity (Wildman–Crippen MR) is 142 cm³/mol. The van der Waals surface area contributed by atoms with Crippen LogP contribution in [0.2, 0.25) is 0 Å². The van der Waals surface area contributed by atoms with E-state index in [0.717, 1.165) is 0 Å². The molecule has 3 aromatic rings. The van der Waals surface area contributed by atoms with Gasteiger partial charge in [0.1, 0.15) is 5.75 Å². The summed E-state index contributed by atoms with van der Waals surface area (Å²) in [4.78, 5) is 63.5. The Morgan fingerprint density at radius 1 is 0.846 bits per heavy atom. The van der Waals surface area contributed by atoms with Gasteiger partial charge >= 0.3 is 6.16 Å². The fraction of sp³-hybridized carbons (Fsp3) is 0.207. The lowest BCUT2D eigenvalue weighted by atomic mass is 10.0. The van der Waals surface area contributed by atoms with Crippen molar-refractivity contribution in [3.8, 4) is 5.75 Å². The highest BCUT2D eigenvalue weighted by Gasteiger charge is 2.37. The molecule has 1 aliphatic rings. The molecule has 10 heteroatoms. The fourth-order valence-electron chi connectivity index (χ4n) is 4.06. The quantitative estimate of drug-likeness (QED) is 0.251. The van der Waals surface area contributed by atoms with Gasteiger partial charge in [-0.1, -0.05) is 18.2 Å². The average molecular weight is 530 g/mol. The minimum atomic E-state index is -0.828. The Morgan fingerprint density at radius 3 is 2.21 bits per heavy atom. The molecule has 0 unspecified atom stereocenters. The van der Waals surface area contributed by atoms with E-state index in [-0.39, 0.29) is 53.4 Å². The van der Waals surface area contributed by atoms with E-state index in [4.69, 9.17) is 9.47 Å². The smallest absolute Gasteiger partial charge is 0.434 e. The van der Waals surface area contributed by atoms with Crippen molar-refractivity contribution in [1.82, 2.24) is 10.2 Å². The van der Waals surface area contributed by atoms with Crippen molar-refractivity contribution in [3.05, 3.63) is 94.5 Å². The molecule has 200 valence electrons. The van der Waals surface area contributed by atoms with Crippen LogP contribution in [0.25, 0.3) is 0 Å². The van der Waals surface area contributed by atoms with Gasteiger partial charge in [-0.3, -0.25) is 24.1 Å². The van der Waals surface area contributed by atoms with Crippen LogP contribution in [-0.4, -0.2) is 47.3 Å². The first-order valence-corrected chi connectivity index (χ1v) is 12.3. The average Bonchev–Trinajstić information content (AvgIpc) is 3.17. The Labute approximate surface area is 224 Å². The number of nitrogens with one attached hydrogen (secondary N) is 2. The van der Waals surface area contributed by atoms with Crippen LogP contribution >= 0.6 is 0 Å². The van der Waals surface area contributed by atoms with Crippen LogP contribution < -0.4 is 15.4 Å². The molecule has 0 aromatic heterocycles. The molecule has 1 heterocycles. The van der Waals surface area contributed by atoms with E-state index in [1.807, 2.05) is 0 Å². The number of benzene rings is 3. The molecule has 0 atom stereocenters. The molecule has 0 bridgehead atoms. The maximum Gasteiger partial charge on any atom is 0.513 e. The largest absolute Gasteiger partial charge is 0.513 e. The number of amides is 4. The van der Waals surface area contributed by atoms with Gasteiger partial charge in [0.2, 0.25) is 0 Å². The Morgan fingerprint density at radius 2 is 1.51 bits per heavy atom. The van der Waals surface area contributed by atoms with Gasteiger partial charge in [-0.25, -0.2) is 4.79 Å². The lowest BCUT2D eigenvalue weighted by Crippen LogP contribution is -2.35. The maximum atomic E-state index is 13.0. The molecular formula is C29H27N3O7. The molecule has 0 saturated heterocycles. The predicted octanol–water partition coefficient (Wildman–Crippen LogP) is 4.41. The number of fused-ring (bicyclic) bond motifs is 1. The van der Waals surface area contributed by atoms with E-state index < -0.39 is 18.0 Å². The second-order valence-corrected chi connectivity index (χ2v) is 8.94. The highest BCUT2D eigenvalue weighted by atomic mass is 16.7. The lowest BCUT2D eigenvalue weighted by molar-refractivity contribution is 0.0608. The third-order valence-corrected chi connectivity index (χ3v) is 5.98. The minimum absolute atomic E-state index is 0.122. The number of rotatable bonds is 8. The molecule has 4 amide bonds. The summed E-state index contributed by atoms with van der Waals surface area (Å²) in [6.07, 6.45) is -0.828. The van der Waals surface area contributed by atoms with Crippen LogP contribution in [0.5, 0.6) is 5.75 Å². The zero-order valence-corrected chi connectivity index (χ0v) is 21.6. The van der Waals surface area contributed by atoms with Gasteiger partial charge in [-0.15, -0.1) is 0 Å². The molecule has 0 radical (unpaired) electrons. The summed E-state index contributed by atoms with van der Waals surface area (Å²) >= 11 is 0. The topological polar surface area (TPSA) is 131 Å². The molecule has 0 aliphatic carbocycles. The highest BCUT2D eigenvalue weighted by molar-refractivity contribution is 6.22. The van der Waals surface area contributed by atoms with Crippen molar-refractivity contribution >= 4 is 35.5 Å². The van der Waals surface area contributed by atoms with Crippen molar-refractivity contribution in [2.45, 2.75) is 33.4 Å². The summed E-state index contributed by atoms with van der Waals surface area (Å²) in [5.74, 6) is -1.39. The van der Waals surface area contributed by atoms with Gasteiger partial charge in [0.25, 0.3) is 23.6 Å². The van der Waals surface area contributed by atoms with E-state index in [9.17, 15) is 24.0 Å². The number of imide groups is 1. The van der Waals surface area contributed by atoms with Gasteiger partial charge in [0, 0.05) is 29.4 Å². The van der Waals surface area contributed by atoms with Crippen LogP contribution in [0, 0.1) is 0 Å². The van der Waals surface area contributed by atoms with Gasteiger partial charge in [-0.05, 0) is 74.9 Å². The van der Waals surface area contributed by atoms with Crippen molar-refractivity contribution in [2.24, 2.45) is 0 Å². The molecule has 10 nitrogen and oxygen atoms in total. The van der Waals surface area contributed by atoms with E-state index in [0.29, 0.717) is 16.8 Å². The molecule has 39 heavy (non-hydrogen) atoms. The van der Waals surface area contributed by atoms with Gasteiger partial charge in [0.15, 0.2) is 0 Å². The molecule has 3 aromatic carbocycles. The van der Waals surface area contributed by atoms with Gasteiger partial charge in [-0.2, -0.15) is 0 Å². The summed E-state index contributed by atoms with van der Waals surface area (Å²) in [6.45, 7) is 5.47. The fourth-order valence-corrected chi connectivity index (χ4v) is 4.06. The van der Waals surface area contributed by atoms with Crippen LogP contribution in [0.1, 0.15) is 67.8 Å². The van der Waals surface area contributed by atoms with Crippen molar-refractivity contribution in [3.63, 3.8) is 0 Å². The zero-order valence-electron chi connectivity index (χ0n) is 21.6. The second-order valence-electron chi connectivity index (χ2n) is 8.94.